The van der Waals surface area contributed by atoms with E-state index in [0.29, 0.717) is 18.7 Å². The van der Waals surface area contributed by atoms with Gasteiger partial charge in [-0.2, -0.15) is 0 Å². The molecule has 1 unspecified atom stereocenters. The zero-order valence-corrected chi connectivity index (χ0v) is 18.6. The molecule has 1 aliphatic rings. The first-order chi connectivity index (χ1) is 16.1. The molecule has 0 spiro atoms. The van der Waals surface area contributed by atoms with Gasteiger partial charge in [-0.05, 0) is 53.5 Å². The Labute approximate surface area is 194 Å². The van der Waals surface area contributed by atoms with E-state index in [9.17, 15) is 9.59 Å². The number of nitrogens with one attached hydrogen (secondary N) is 1. The maximum atomic E-state index is 12.8. The van der Waals surface area contributed by atoms with Crippen LogP contribution in [0.3, 0.4) is 0 Å². The van der Waals surface area contributed by atoms with Gasteiger partial charge in [-0.15, -0.1) is 0 Å². The van der Waals surface area contributed by atoms with Crippen molar-refractivity contribution in [2.24, 2.45) is 5.92 Å². The molecule has 0 aliphatic heterocycles. The fourth-order valence-electron chi connectivity index (χ4n) is 4.62. The summed E-state index contributed by atoms with van der Waals surface area (Å²) in [6.07, 6.45) is 2.85. The fraction of sp³-hybridized carbons (Fsp3) is 0.286. The molecule has 1 amide bonds. The summed E-state index contributed by atoms with van der Waals surface area (Å²) in [5.74, 6) is 0.267. The number of hydrogen-bond donors (Lipinski definition) is 2. The molecule has 0 aromatic heterocycles. The Morgan fingerprint density at radius 2 is 1.61 bits per heavy atom. The molecule has 0 saturated heterocycles. The molecule has 170 valence electrons. The minimum atomic E-state index is -0.656. The quantitative estimate of drug-likeness (QED) is 0.407. The van der Waals surface area contributed by atoms with Gasteiger partial charge < -0.3 is 15.2 Å². The van der Waals surface area contributed by atoms with Gasteiger partial charge in [0.15, 0.2) is 0 Å². The van der Waals surface area contributed by atoms with Gasteiger partial charge in [0.2, 0.25) is 5.91 Å². The number of fused-ring (bicyclic) bond motifs is 1. The van der Waals surface area contributed by atoms with E-state index < -0.39 is 12.6 Å². The summed E-state index contributed by atoms with van der Waals surface area (Å²) >= 11 is 0. The number of benzene rings is 3. The molecule has 0 saturated carbocycles. The van der Waals surface area contributed by atoms with Crippen molar-refractivity contribution in [3.63, 3.8) is 0 Å². The third-order valence-corrected chi connectivity index (χ3v) is 6.28. The van der Waals surface area contributed by atoms with Crippen molar-refractivity contribution in [2.45, 2.75) is 31.6 Å². The van der Waals surface area contributed by atoms with Crippen LogP contribution in [0.5, 0.6) is 5.75 Å². The number of ether oxygens (including phenoxy) is 1. The Hall–Kier alpha value is -3.44. The Morgan fingerprint density at radius 3 is 2.24 bits per heavy atom. The second-order valence-electron chi connectivity index (χ2n) is 8.52. The third-order valence-electron chi connectivity index (χ3n) is 6.28. The normalized spacial score (nSPS) is 15.0. The first-order valence-corrected chi connectivity index (χ1v) is 11.4. The summed E-state index contributed by atoms with van der Waals surface area (Å²) in [7, 11) is 0. The molecule has 33 heavy (non-hydrogen) atoms. The molecular weight excluding hydrogens is 414 g/mol. The van der Waals surface area contributed by atoms with E-state index in [1.54, 1.807) is 6.07 Å². The lowest BCUT2D eigenvalue weighted by molar-refractivity contribution is -0.137. The second-order valence-corrected chi connectivity index (χ2v) is 8.52. The van der Waals surface area contributed by atoms with Crippen LogP contribution in [0.1, 0.15) is 41.0 Å². The van der Waals surface area contributed by atoms with Crippen molar-refractivity contribution in [1.82, 2.24) is 5.32 Å². The van der Waals surface area contributed by atoms with Gasteiger partial charge in [0.25, 0.3) is 0 Å². The van der Waals surface area contributed by atoms with E-state index in [4.69, 9.17) is 9.84 Å². The molecular formula is C28H29NO4. The number of rotatable bonds is 8. The predicted octanol–water partition coefficient (Wildman–Crippen LogP) is 4.03. The second kappa shape index (κ2) is 10.9. The maximum Gasteiger partial charge on any atom is 0.337 e. The average molecular weight is 444 g/mol. The van der Waals surface area contributed by atoms with Crippen LogP contribution in [-0.2, 0) is 22.4 Å². The Morgan fingerprint density at radius 1 is 0.939 bits per heavy atom. The standard InChI is InChI=1S/C28H29NO4/c30-19-28(32)33-26-13-7-12-23-16-20(14-15-24(23)26)17-27(31)29-18-25(21-8-3-1-4-9-21)22-10-5-2-6-11-22/h1-13,20,25,30H,14-19H2,(H,29,31). The summed E-state index contributed by atoms with van der Waals surface area (Å²) in [6.45, 7) is -0.0865. The van der Waals surface area contributed by atoms with Crippen LogP contribution in [0.25, 0.3) is 0 Å². The summed E-state index contributed by atoms with van der Waals surface area (Å²) in [5.41, 5.74) is 4.47. The van der Waals surface area contributed by atoms with Gasteiger partial charge in [0, 0.05) is 18.9 Å². The molecule has 0 fully saturated rings. The van der Waals surface area contributed by atoms with Crippen LogP contribution in [-0.4, -0.2) is 30.1 Å². The highest BCUT2D eigenvalue weighted by molar-refractivity contribution is 5.76. The maximum absolute atomic E-state index is 12.8. The lowest BCUT2D eigenvalue weighted by atomic mass is 9.81. The topological polar surface area (TPSA) is 75.6 Å². The van der Waals surface area contributed by atoms with Crippen LogP contribution in [0.2, 0.25) is 0 Å². The van der Waals surface area contributed by atoms with Crippen molar-refractivity contribution >= 4 is 11.9 Å². The number of hydrogen-bond acceptors (Lipinski definition) is 4. The van der Waals surface area contributed by atoms with Gasteiger partial charge in [0.05, 0.1) is 0 Å². The monoisotopic (exact) mass is 443 g/mol. The largest absolute Gasteiger partial charge is 0.425 e. The molecule has 1 atom stereocenters. The molecule has 4 rings (SSSR count). The summed E-state index contributed by atoms with van der Waals surface area (Å²) < 4.78 is 5.26. The van der Waals surface area contributed by atoms with Gasteiger partial charge in [-0.3, -0.25) is 4.79 Å². The molecule has 3 aromatic carbocycles. The molecule has 0 radical (unpaired) electrons. The van der Waals surface area contributed by atoms with Gasteiger partial charge >= 0.3 is 5.97 Å². The van der Waals surface area contributed by atoms with E-state index in [0.717, 1.165) is 30.4 Å². The van der Waals surface area contributed by atoms with Crippen LogP contribution < -0.4 is 10.1 Å². The minimum Gasteiger partial charge on any atom is -0.425 e. The molecule has 0 bridgehead atoms. The van der Waals surface area contributed by atoms with Gasteiger partial charge in [0.1, 0.15) is 12.4 Å². The van der Waals surface area contributed by atoms with Crippen LogP contribution in [0, 0.1) is 5.92 Å². The molecule has 1 aliphatic carbocycles. The van der Waals surface area contributed by atoms with Crippen molar-refractivity contribution in [2.75, 3.05) is 13.2 Å². The van der Waals surface area contributed by atoms with Crippen LogP contribution in [0.4, 0.5) is 0 Å². The molecule has 5 heteroatoms. The molecule has 3 aromatic rings. The number of aliphatic hydroxyl groups excluding tert-OH is 1. The number of esters is 1. The van der Waals surface area contributed by atoms with Crippen molar-refractivity contribution in [3.8, 4) is 5.75 Å². The third kappa shape index (κ3) is 5.88. The molecule has 0 heterocycles. The zero-order chi connectivity index (χ0) is 23.0. The number of amides is 1. The minimum absolute atomic E-state index is 0.0585. The smallest absolute Gasteiger partial charge is 0.337 e. The Balaban J connectivity index is 1.37. The summed E-state index contributed by atoms with van der Waals surface area (Å²) in [5, 5.41) is 12.1. The van der Waals surface area contributed by atoms with E-state index >= 15 is 0 Å². The zero-order valence-electron chi connectivity index (χ0n) is 18.6. The molecule has 5 nitrogen and oxygen atoms in total. The Kier molecular flexibility index (Phi) is 7.53. The first kappa shape index (κ1) is 22.7. The van der Waals surface area contributed by atoms with Crippen molar-refractivity contribution < 1.29 is 19.4 Å². The van der Waals surface area contributed by atoms with Gasteiger partial charge in [-0.25, -0.2) is 4.79 Å². The first-order valence-electron chi connectivity index (χ1n) is 11.4. The van der Waals surface area contributed by atoms with Crippen molar-refractivity contribution in [1.29, 1.82) is 0 Å². The molecule has 2 N–H and O–H groups in total. The predicted molar refractivity (Wildman–Crippen MR) is 127 cm³/mol. The van der Waals surface area contributed by atoms with Crippen molar-refractivity contribution in [3.05, 3.63) is 101 Å². The number of aliphatic hydroxyl groups is 1. The highest BCUT2D eigenvalue weighted by Gasteiger charge is 2.24. The van der Waals surface area contributed by atoms with Crippen LogP contribution >= 0.6 is 0 Å². The van der Waals surface area contributed by atoms with E-state index in [-0.39, 0.29) is 17.7 Å². The fourth-order valence-corrected chi connectivity index (χ4v) is 4.62. The number of carbonyl (C=O) groups is 2. The average Bonchev–Trinajstić information content (AvgIpc) is 2.85. The van der Waals surface area contributed by atoms with E-state index in [1.807, 2.05) is 48.5 Å². The van der Waals surface area contributed by atoms with E-state index in [2.05, 4.69) is 29.6 Å². The lowest BCUT2D eigenvalue weighted by Gasteiger charge is -2.26. The highest BCUT2D eigenvalue weighted by atomic mass is 16.5. The van der Waals surface area contributed by atoms with Gasteiger partial charge in [-0.1, -0.05) is 72.8 Å². The SMILES string of the molecule is O=C(CC1CCc2c(cccc2OC(=O)CO)C1)NCC(c1ccccc1)c1ccccc1. The number of carbonyl (C=O) groups excluding carboxylic acids is 2. The lowest BCUT2D eigenvalue weighted by Crippen LogP contribution is -2.31. The van der Waals surface area contributed by atoms with E-state index in [1.165, 1.54) is 11.1 Å². The summed E-state index contributed by atoms with van der Waals surface area (Å²) in [4.78, 5) is 24.3. The van der Waals surface area contributed by atoms with Crippen LogP contribution in [0.15, 0.2) is 78.9 Å². The summed E-state index contributed by atoms with van der Waals surface area (Å²) in [6, 6.07) is 26.1. The Bertz CT molecular complexity index is 1040. The highest BCUT2D eigenvalue weighted by Crippen LogP contribution is 2.33.